The molecule has 0 aliphatic heterocycles. The van der Waals surface area contributed by atoms with Gasteiger partial charge in [-0.25, -0.2) is 4.79 Å². The molecule has 0 saturated carbocycles. The second-order valence-corrected chi connectivity index (χ2v) is 6.21. The van der Waals surface area contributed by atoms with Gasteiger partial charge in [0.15, 0.2) is 17.3 Å². The number of benzene rings is 2. The number of hydrogen-bond acceptors (Lipinski definition) is 6. The third-order valence-corrected chi connectivity index (χ3v) is 4.34. The molecule has 0 aliphatic rings. The maximum absolute atomic E-state index is 12.6. The Morgan fingerprint density at radius 2 is 1.64 bits per heavy atom. The van der Waals surface area contributed by atoms with Gasteiger partial charge >= 0.3 is 5.63 Å². The van der Waals surface area contributed by atoms with Gasteiger partial charge in [0, 0.05) is 22.0 Å². The highest BCUT2D eigenvalue weighted by Crippen LogP contribution is 2.35. The summed E-state index contributed by atoms with van der Waals surface area (Å²) < 4.78 is 21.0. The largest absolute Gasteiger partial charge is 0.496 e. The molecule has 0 saturated heterocycles. The van der Waals surface area contributed by atoms with E-state index in [1.54, 1.807) is 30.3 Å². The summed E-state index contributed by atoms with van der Waals surface area (Å²) in [7, 11) is 4.53. The van der Waals surface area contributed by atoms with Crippen LogP contribution in [0.25, 0.3) is 17.0 Å². The van der Waals surface area contributed by atoms with Crippen LogP contribution in [0.15, 0.2) is 51.7 Å². The number of ketones is 1. The Hall–Kier alpha value is -3.25. The Morgan fingerprint density at radius 1 is 0.964 bits per heavy atom. The van der Waals surface area contributed by atoms with E-state index < -0.39 is 11.4 Å². The first-order chi connectivity index (χ1) is 13.5. The number of allylic oxidation sites excluding steroid dienone is 1. The SMILES string of the molecule is COc1cc(OC)c(OC)cc1C=CC(=O)c1cc2cc(Cl)ccc2oc1=O. The van der Waals surface area contributed by atoms with Crippen molar-refractivity contribution in [3.63, 3.8) is 0 Å². The molecule has 0 unspecified atom stereocenters. The number of carbonyl (C=O) groups excluding carboxylic acids is 1. The standard InChI is InChI=1S/C21H17ClO6/c1-25-18-11-20(27-3)19(26-2)10-12(18)4-6-16(23)15-9-13-8-14(22)5-7-17(13)28-21(15)24/h4-11H,1-3H3. The summed E-state index contributed by atoms with van der Waals surface area (Å²) in [6, 6.07) is 9.60. The molecule has 0 radical (unpaired) electrons. The van der Waals surface area contributed by atoms with Crippen LogP contribution < -0.4 is 19.8 Å². The summed E-state index contributed by atoms with van der Waals surface area (Å²) in [5, 5.41) is 1.04. The summed E-state index contributed by atoms with van der Waals surface area (Å²) in [4.78, 5) is 24.7. The first-order valence-corrected chi connectivity index (χ1v) is 8.60. The minimum atomic E-state index is -0.719. The molecule has 0 atom stereocenters. The Balaban J connectivity index is 1.99. The van der Waals surface area contributed by atoms with E-state index in [4.69, 9.17) is 30.2 Å². The molecule has 0 fully saturated rings. The number of carbonyl (C=O) groups is 1. The van der Waals surface area contributed by atoms with Crippen molar-refractivity contribution >= 4 is 34.4 Å². The number of rotatable bonds is 6. The summed E-state index contributed by atoms with van der Waals surface area (Å²) in [6.45, 7) is 0. The molecule has 7 heteroatoms. The molecular formula is C21H17ClO6. The van der Waals surface area contributed by atoms with Crippen molar-refractivity contribution in [2.75, 3.05) is 21.3 Å². The molecule has 144 valence electrons. The Bertz CT molecular complexity index is 1130. The maximum atomic E-state index is 12.6. The van der Waals surface area contributed by atoms with Crippen LogP contribution in [0.4, 0.5) is 0 Å². The van der Waals surface area contributed by atoms with Crippen molar-refractivity contribution < 1.29 is 23.4 Å². The van der Waals surface area contributed by atoms with E-state index in [-0.39, 0.29) is 5.56 Å². The lowest BCUT2D eigenvalue weighted by Crippen LogP contribution is -2.11. The van der Waals surface area contributed by atoms with Crippen LogP contribution >= 0.6 is 11.6 Å². The van der Waals surface area contributed by atoms with Crippen molar-refractivity contribution in [1.82, 2.24) is 0 Å². The zero-order valence-electron chi connectivity index (χ0n) is 15.4. The van der Waals surface area contributed by atoms with Crippen LogP contribution in [0.3, 0.4) is 0 Å². The fraction of sp³-hybridized carbons (Fsp3) is 0.143. The van der Waals surface area contributed by atoms with Gasteiger partial charge in [0.2, 0.25) is 0 Å². The van der Waals surface area contributed by atoms with Gasteiger partial charge in [-0.15, -0.1) is 0 Å². The van der Waals surface area contributed by atoms with Crippen LogP contribution in [-0.4, -0.2) is 27.1 Å². The first-order valence-electron chi connectivity index (χ1n) is 8.22. The zero-order valence-corrected chi connectivity index (χ0v) is 16.2. The molecule has 0 bridgehead atoms. The predicted molar refractivity (Wildman–Crippen MR) is 107 cm³/mol. The van der Waals surface area contributed by atoms with E-state index in [2.05, 4.69) is 0 Å². The monoisotopic (exact) mass is 400 g/mol. The molecule has 0 spiro atoms. The van der Waals surface area contributed by atoms with Crippen LogP contribution in [-0.2, 0) is 0 Å². The number of hydrogen-bond donors (Lipinski definition) is 0. The fourth-order valence-corrected chi connectivity index (χ4v) is 2.88. The smallest absolute Gasteiger partial charge is 0.347 e. The molecule has 0 aliphatic carbocycles. The van der Waals surface area contributed by atoms with Crippen molar-refractivity contribution in [2.45, 2.75) is 0 Å². The molecular weight excluding hydrogens is 384 g/mol. The second kappa shape index (κ2) is 8.19. The molecule has 1 aromatic heterocycles. The minimum Gasteiger partial charge on any atom is -0.496 e. The normalized spacial score (nSPS) is 11.0. The molecule has 6 nitrogen and oxygen atoms in total. The Morgan fingerprint density at radius 3 is 2.32 bits per heavy atom. The van der Waals surface area contributed by atoms with Crippen LogP contribution in [0.1, 0.15) is 15.9 Å². The molecule has 0 N–H and O–H groups in total. The number of halogens is 1. The van der Waals surface area contributed by atoms with Crippen molar-refractivity contribution in [3.8, 4) is 17.2 Å². The second-order valence-electron chi connectivity index (χ2n) is 5.78. The highest BCUT2D eigenvalue weighted by molar-refractivity contribution is 6.31. The highest BCUT2D eigenvalue weighted by Gasteiger charge is 2.13. The molecule has 28 heavy (non-hydrogen) atoms. The number of fused-ring (bicyclic) bond motifs is 1. The Kier molecular flexibility index (Phi) is 5.70. The lowest BCUT2D eigenvalue weighted by Gasteiger charge is -2.12. The van der Waals surface area contributed by atoms with E-state index in [0.29, 0.717) is 38.8 Å². The van der Waals surface area contributed by atoms with Gasteiger partial charge in [-0.2, -0.15) is 0 Å². The molecule has 1 heterocycles. The van der Waals surface area contributed by atoms with E-state index in [0.717, 1.165) is 0 Å². The Labute approximate surface area is 165 Å². The average Bonchev–Trinajstić information content (AvgIpc) is 2.70. The van der Waals surface area contributed by atoms with Gasteiger partial charge in [0.25, 0.3) is 0 Å². The van der Waals surface area contributed by atoms with Gasteiger partial charge in [0.1, 0.15) is 16.9 Å². The summed E-state index contributed by atoms with van der Waals surface area (Å²) in [5.41, 5.74) is 0.132. The molecule has 2 aromatic carbocycles. The summed E-state index contributed by atoms with van der Waals surface area (Å²) in [6.07, 6.45) is 2.80. The third-order valence-electron chi connectivity index (χ3n) is 4.11. The average molecular weight is 401 g/mol. The maximum Gasteiger partial charge on any atom is 0.347 e. The van der Waals surface area contributed by atoms with E-state index in [9.17, 15) is 9.59 Å². The summed E-state index contributed by atoms with van der Waals surface area (Å²) in [5.74, 6) is 0.955. The van der Waals surface area contributed by atoms with E-state index in [1.165, 1.54) is 39.5 Å². The van der Waals surface area contributed by atoms with Crippen LogP contribution in [0.5, 0.6) is 17.2 Å². The predicted octanol–water partition coefficient (Wildman–Crippen LogP) is 4.37. The van der Waals surface area contributed by atoms with Gasteiger partial charge in [-0.1, -0.05) is 11.6 Å². The topological polar surface area (TPSA) is 75.0 Å². The van der Waals surface area contributed by atoms with E-state index in [1.807, 2.05) is 0 Å². The van der Waals surface area contributed by atoms with Crippen LogP contribution in [0.2, 0.25) is 5.02 Å². The van der Waals surface area contributed by atoms with Gasteiger partial charge in [-0.3, -0.25) is 4.79 Å². The molecule has 3 rings (SSSR count). The quantitative estimate of drug-likeness (QED) is 0.347. The third kappa shape index (κ3) is 3.87. The highest BCUT2D eigenvalue weighted by atomic mass is 35.5. The fourth-order valence-electron chi connectivity index (χ4n) is 2.70. The lowest BCUT2D eigenvalue weighted by atomic mass is 10.1. The summed E-state index contributed by atoms with van der Waals surface area (Å²) >= 11 is 5.96. The zero-order chi connectivity index (χ0) is 20.3. The van der Waals surface area contributed by atoms with Crippen LogP contribution in [0, 0.1) is 0 Å². The molecule has 0 amide bonds. The van der Waals surface area contributed by atoms with Crippen molar-refractivity contribution in [1.29, 1.82) is 0 Å². The number of methoxy groups -OCH3 is 3. The van der Waals surface area contributed by atoms with Gasteiger partial charge in [-0.05, 0) is 42.5 Å². The lowest BCUT2D eigenvalue weighted by molar-refractivity contribution is 0.104. The van der Waals surface area contributed by atoms with Gasteiger partial charge < -0.3 is 18.6 Å². The minimum absolute atomic E-state index is 0.0922. The van der Waals surface area contributed by atoms with Gasteiger partial charge in [0.05, 0.1) is 21.3 Å². The van der Waals surface area contributed by atoms with Crippen molar-refractivity contribution in [2.24, 2.45) is 0 Å². The van der Waals surface area contributed by atoms with Crippen molar-refractivity contribution in [3.05, 3.63) is 69.0 Å². The first kappa shape index (κ1) is 19.5. The number of ether oxygens (including phenoxy) is 3. The van der Waals surface area contributed by atoms with E-state index >= 15 is 0 Å². The molecule has 3 aromatic rings.